The van der Waals surface area contributed by atoms with Gasteiger partial charge in [0.05, 0.1) is 18.8 Å². The monoisotopic (exact) mass is 588 g/mol. The highest BCUT2D eigenvalue weighted by molar-refractivity contribution is 7.80. The molecule has 0 saturated heterocycles. The van der Waals surface area contributed by atoms with Crippen LogP contribution in [0.4, 0.5) is 4.79 Å². The number of thiocarbonyl (C=S) groups is 1. The van der Waals surface area contributed by atoms with Crippen LogP contribution in [0, 0.1) is 5.92 Å². The predicted molar refractivity (Wildman–Crippen MR) is 170 cm³/mol. The van der Waals surface area contributed by atoms with Crippen LogP contribution in [0.2, 0.25) is 0 Å². The third-order valence-electron chi connectivity index (χ3n) is 6.28. The molecule has 0 aliphatic heterocycles. The molecule has 0 saturated carbocycles. The summed E-state index contributed by atoms with van der Waals surface area (Å²) >= 11 is 5.37. The zero-order valence-electron chi connectivity index (χ0n) is 25.3. The molecule has 0 aliphatic rings. The van der Waals surface area contributed by atoms with Crippen LogP contribution in [0.3, 0.4) is 0 Å². The molecule has 0 fully saturated rings. The van der Waals surface area contributed by atoms with E-state index in [9.17, 15) is 4.79 Å². The first-order valence-corrected chi connectivity index (χ1v) is 14.8. The summed E-state index contributed by atoms with van der Waals surface area (Å²) in [5, 5.41) is 4.34. The third-order valence-corrected chi connectivity index (χ3v) is 6.55. The van der Waals surface area contributed by atoms with E-state index in [-0.39, 0.29) is 6.54 Å². The maximum atomic E-state index is 12.2. The first kappa shape index (κ1) is 31.0. The maximum absolute atomic E-state index is 12.2. The second-order valence-corrected chi connectivity index (χ2v) is 12.1. The van der Waals surface area contributed by atoms with Crippen molar-refractivity contribution in [3.63, 3.8) is 0 Å². The molecule has 0 bridgehead atoms. The van der Waals surface area contributed by atoms with Crippen molar-refractivity contribution in [1.82, 2.24) is 10.3 Å². The van der Waals surface area contributed by atoms with Crippen LogP contribution in [0.25, 0.3) is 22.1 Å². The molecule has 42 heavy (non-hydrogen) atoms. The number of rotatable bonds is 11. The highest BCUT2D eigenvalue weighted by atomic mass is 32.1. The lowest BCUT2D eigenvalue weighted by Crippen LogP contribution is -2.32. The molecule has 0 spiro atoms. The zero-order chi connectivity index (χ0) is 30.3. The van der Waals surface area contributed by atoms with Gasteiger partial charge in [0.15, 0.2) is 5.05 Å². The van der Waals surface area contributed by atoms with Crippen molar-refractivity contribution in [1.29, 1.82) is 0 Å². The molecule has 0 radical (unpaired) electrons. The van der Waals surface area contributed by atoms with Crippen molar-refractivity contribution in [2.24, 2.45) is 5.92 Å². The van der Waals surface area contributed by atoms with Gasteiger partial charge in [-0.05, 0) is 93.4 Å². The van der Waals surface area contributed by atoms with E-state index in [2.05, 4.69) is 42.3 Å². The number of aromatic nitrogens is 1. The number of ether oxygens (including phenoxy) is 3. The summed E-state index contributed by atoms with van der Waals surface area (Å²) in [7, 11) is 0. The standard InChI is InChI=1S/C34H40N2O5S/c1-7-38-31(42)19-25-10-8-9-11-30(25)39-21-23-15-26-18-28(14-22(2)3)40-32(26)29(16-23)24-12-13-35-27(17-24)20-36-33(37)41-34(4,5)6/h8-13,15-18,22H,7,14,19-21H2,1-6H3,(H,36,37). The molecule has 2 aromatic carbocycles. The molecule has 4 aromatic rings. The molecule has 2 heterocycles. The highest BCUT2D eigenvalue weighted by Gasteiger charge is 2.17. The van der Waals surface area contributed by atoms with Crippen molar-refractivity contribution in [2.75, 3.05) is 6.61 Å². The van der Waals surface area contributed by atoms with Crippen molar-refractivity contribution < 1.29 is 23.4 Å². The van der Waals surface area contributed by atoms with Crippen LogP contribution < -0.4 is 10.1 Å². The first-order valence-electron chi connectivity index (χ1n) is 14.3. The molecule has 0 unspecified atom stereocenters. The maximum Gasteiger partial charge on any atom is 0.407 e. The lowest BCUT2D eigenvalue weighted by atomic mass is 10.0. The van der Waals surface area contributed by atoms with E-state index in [0.717, 1.165) is 51.2 Å². The Hall–Kier alpha value is -3.91. The van der Waals surface area contributed by atoms with E-state index in [4.69, 9.17) is 30.8 Å². The van der Waals surface area contributed by atoms with Gasteiger partial charge in [0, 0.05) is 35.6 Å². The van der Waals surface area contributed by atoms with Crippen molar-refractivity contribution in [2.45, 2.75) is 73.1 Å². The number of amides is 1. The Kier molecular flexibility index (Phi) is 10.2. The summed E-state index contributed by atoms with van der Waals surface area (Å²) in [6, 6.07) is 18.1. The average Bonchev–Trinajstić information content (AvgIpc) is 3.32. The summed E-state index contributed by atoms with van der Waals surface area (Å²) < 4.78 is 23.6. The van der Waals surface area contributed by atoms with Gasteiger partial charge in [0.1, 0.15) is 29.3 Å². The number of fused-ring (bicyclic) bond motifs is 1. The number of nitrogens with zero attached hydrogens (tertiary/aromatic N) is 1. The van der Waals surface area contributed by atoms with Crippen molar-refractivity contribution in [3.05, 3.63) is 83.4 Å². The Labute approximate surface area is 253 Å². The molecule has 2 aromatic heterocycles. The largest absolute Gasteiger partial charge is 0.489 e. The van der Waals surface area contributed by atoms with Gasteiger partial charge < -0.3 is 23.9 Å². The third kappa shape index (κ3) is 8.79. The summed E-state index contributed by atoms with van der Waals surface area (Å²) in [6.07, 6.45) is 2.62. The minimum absolute atomic E-state index is 0.242. The van der Waals surface area contributed by atoms with Crippen LogP contribution in [0.5, 0.6) is 5.75 Å². The van der Waals surface area contributed by atoms with Gasteiger partial charge >= 0.3 is 6.09 Å². The second kappa shape index (κ2) is 13.8. The van der Waals surface area contributed by atoms with E-state index in [1.165, 1.54) is 0 Å². The second-order valence-electron chi connectivity index (χ2n) is 11.6. The van der Waals surface area contributed by atoms with Gasteiger partial charge in [-0.2, -0.15) is 0 Å². The number of benzene rings is 2. The first-order chi connectivity index (χ1) is 20.0. The van der Waals surface area contributed by atoms with Gasteiger partial charge in [-0.1, -0.05) is 32.0 Å². The summed E-state index contributed by atoms with van der Waals surface area (Å²) in [5.74, 6) is 2.17. The smallest absolute Gasteiger partial charge is 0.407 e. The number of nitrogens with one attached hydrogen (secondary N) is 1. The average molecular weight is 589 g/mol. The lowest BCUT2D eigenvalue weighted by molar-refractivity contribution is 0.0523. The number of alkyl carbamates (subject to hydrolysis) is 1. The van der Waals surface area contributed by atoms with Gasteiger partial charge in [-0.25, -0.2) is 4.79 Å². The Bertz CT molecular complexity index is 1540. The van der Waals surface area contributed by atoms with Crippen LogP contribution in [0.1, 0.15) is 64.1 Å². The van der Waals surface area contributed by atoms with Crippen LogP contribution >= 0.6 is 12.2 Å². The lowest BCUT2D eigenvalue weighted by Gasteiger charge is -2.19. The minimum Gasteiger partial charge on any atom is -0.489 e. The number of hydrogen-bond donors (Lipinski definition) is 1. The van der Waals surface area contributed by atoms with Gasteiger partial charge in [0.25, 0.3) is 0 Å². The topological polar surface area (TPSA) is 82.8 Å². The van der Waals surface area contributed by atoms with Gasteiger partial charge in [-0.3, -0.25) is 4.98 Å². The SMILES string of the molecule is CCOC(=S)Cc1ccccc1OCc1cc(-c2ccnc(CNC(=O)OC(C)(C)C)c2)c2oc(CC(C)C)cc2c1. The van der Waals surface area contributed by atoms with Crippen LogP contribution in [-0.4, -0.2) is 28.3 Å². The van der Waals surface area contributed by atoms with E-state index in [1.807, 2.05) is 64.1 Å². The minimum atomic E-state index is -0.573. The zero-order valence-corrected chi connectivity index (χ0v) is 26.1. The number of carbonyl (C=O) groups excluding carboxylic acids is 1. The van der Waals surface area contributed by atoms with E-state index < -0.39 is 11.7 Å². The van der Waals surface area contributed by atoms with E-state index >= 15 is 0 Å². The van der Waals surface area contributed by atoms with E-state index in [1.54, 1.807) is 6.20 Å². The molecule has 222 valence electrons. The molecular formula is C34H40N2O5S. The Morgan fingerprint density at radius 1 is 1.10 bits per heavy atom. The molecule has 4 rings (SSSR count). The predicted octanol–water partition coefficient (Wildman–Crippen LogP) is 8.20. The molecule has 0 atom stereocenters. The number of para-hydroxylation sites is 1. The highest BCUT2D eigenvalue weighted by Crippen LogP contribution is 2.34. The number of pyridine rings is 1. The molecule has 8 heteroatoms. The Balaban J connectivity index is 1.63. The molecule has 0 aliphatic carbocycles. The fourth-order valence-corrected chi connectivity index (χ4v) is 4.88. The van der Waals surface area contributed by atoms with Crippen LogP contribution in [0.15, 0.2) is 65.2 Å². The normalized spacial score (nSPS) is 11.5. The van der Waals surface area contributed by atoms with Crippen molar-refractivity contribution >= 4 is 34.3 Å². The van der Waals surface area contributed by atoms with Gasteiger partial charge in [0.2, 0.25) is 0 Å². The van der Waals surface area contributed by atoms with Crippen LogP contribution in [-0.2, 0) is 35.5 Å². The fourth-order valence-electron chi connectivity index (χ4n) is 4.61. The fraction of sp³-hybridized carbons (Fsp3) is 0.382. The Morgan fingerprint density at radius 2 is 1.88 bits per heavy atom. The molecule has 7 nitrogen and oxygen atoms in total. The Morgan fingerprint density at radius 3 is 2.62 bits per heavy atom. The number of carbonyl (C=O) groups is 1. The quantitative estimate of drug-likeness (QED) is 0.177. The van der Waals surface area contributed by atoms with Gasteiger partial charge in [-0.15, -0.1) is 0 Å². The summed E-state index contributed by atoms with van der Waals surface area (Å²) in [4.78, 5) is 16.7. The number of hydrogen-bond acceptors (Lipinski definition) is 7. The van der Waals surface area contributed by atoms with Crippen molar-refractivity contribution in [3.8, 4) is 16.9 Å². The summed E-state index contributed by atoms with van der Waals surface area (Å²) in [5.41, 5.74) is 4.81. The molecular weight excluding hydrogens is 548 g/mol. The number of furan rings is 1. The molecule has 1 amide bonds. The summed E-state index contributed by atoms with van der Waals surface area (Å²) in [6.45, 7) is 12.9. The molecule has 1 N–H and O–H groups in total. The van der Waals surface area contributed by atoms with E-state index in [0.29, 0.717) is 36.3 Å².